The lowest BCUT2D eigenvalue weighted by Gasteiger charge is -2.38. The van der Waals surface area contributed by atoms with E-state index in [0.717, 1.165) is 16.7 Å². The second kappa shape index (κ2) is 21.5. The SMILES string of the molecule is Cc1ccc(S(=O)(=O)NC[C@H]2OC(=O)[C@@H]3O[C@@H](C=C[C@@H]3C)[C@@H](CNS(=O)(=O)c3ccc(C)cc3)OC(=O)[C@@H]3O[C@@H](C=C[C@@H]3C)[C@@H](CNS(=O)(=O)c3ccc(C)cc3)OC(=O)[C@@H]3O[C@H]2C=C[C@@H]3C)cc1. The van der Waals surface area contributed by atoms with Crippen LogP contribution in [0.3, 0.4) is 0 Å². The molecule has 12 atom stereocenters. The van der Waals surface area contributed by atoms with Gasteiger partial charge in [0.05, 0.1) is 34.3 Å². The monoisotopic (exact) mass is 1010 g/mol. The molecule has 7 rings (SSSR count). The van der Waals surface area contributed by atoms with Crippen molar-refractivity contribution in [3.05, 3.63) is 126 Å². The summed E-state index contributed by atoms with van der Waals surface area (Å²) in [5, 5.41) is 0. The van der Waals surface area contributed by atoms with Gasteiger partial charge in [-0.3, -0.25) is 0 Å². The average molecular weight is 1010 g/mol. The van der Waals surface area contributed by atoms with E-state index in [1.54, 1.807) is 96.2 Å². The Balaban J connectivity index is 1.25. The molecule has 21 heteroatoms. The molecule has 3 aromatic rings. The predicted molar refractivity (Wildman–Crippen MR) is 250 cm³/mol. The van der Waals surface area contributed by atoms with Gasteiger partial charge in [-0.25, -0.2) is 53.8 Å². The van der Waals surface area contributed by atoms with Crippen LogP contribution in [-0.4, -0.2) is 118 Å². The molecule has 1 saturated heterocycles. The van der Waals surface area contributed by atoms with Crippen LogP contribution in [0.25, 0.3) is 0 Å². The highest BCUT2D eigenvalue weighted by atomic mass is 32.2. The zero-order valence-corrected chi connectivity index (χ0v) is 41.2. The molecule has 4 aliphatic heterocycles. The van der Waals surface area contributed by atoms with Crippen LogP contribution in [-0.2, 0) is 72.9 Å². The molecule has 3 aromatic carbocycles. The molecule has 0 saturated carbocycles. The van der Waals surface area contributed by atoms with Crippen molar-refractivity contribution < 1.29 is 68.1 Å². The number of sulfonamides is 3. The van der Waals surface area contributed by atoms with Crippen LogP contribution < -0.4 is 14.2 Å². The Morgan fingerprint density at radius 2 is 0.623 bits per heavy atom. The maximum atomic E-state index is 14.3. The number of nitrogens with one attached hydrogen (secondary N) is 3. The minimum atomic E-state index is -4.20. The normalized spacial score (nSPS) is 30.1. The Morgan fingerprint density at radius 3 is 0.855 bits per heavy atom. The molecule has 0 aromatic heterocycles. The molecule has 6 bridgehead atoms. The molecular weight excluding hydrogens is 955 g/mol. The average Bonchev–Trinajstić information content (AvgIpc) is 3.31. The number of carbonyl (C=O) groups is 3. The van der Waals surface area contributed by atoms with E-state index in [-0.39, 0.29) is 14.7 Å². The summed E-state index contributed by atoms with van der Waals surface area (Å²) >= 11 is 0. The van der Waals surface area contributed by atoms with Crippen LogP contribution in [0.2, 0.25) is 0 Å². The summed E-state index contributed by atoms with van der Waals surface area (Å²) in [5.41, 5.74) is 2.46. The molecule has 0 amide bonds. The fraction of sp³-hybridized carbons (Fsp3) is 0.438. The van der Waals surface area contributed by atoms with Crippen molar-refractivity contribution in [1.82, 2.24) is 14.2 Å². The van der Waals surface area contributed by atoms with Gasteiger partial charge in [0, 0.05) is 17.8 Å². The topological polar surface area (TPSA) is 245 Å². The van der Waals surface area contributed by atoms with Crippen molar-refractivity contribution in [1.29, 1.82) is 0 Å². The molecule has 0 aliphatic carbocycles. The maximum Gasteiger partial charge on any atom is 0.336 e. The largest absolute Gasteiger partial charge is 0.456 e. The van der Waals surface area contributed by atoms with Crippen LogP contribution >= 0.6 is 0 Å². The lowest BCUT2D eigenvalue weighted by atomic mass is 9.96. The third kappa shape index (κ3) is 12.6. The van der Waals surface area contributed by atoms with Gasteiger partial charge in [-0.15, -0.1) is 0 Å². The van der Waals surface area contributed by atoms with Gasteiger partial charge in [0.2, 0.25) is 30.1 Å². The first kappa shape index (κ1) is 51.7. The molecule has 4 heterocycles. The van der Waals surface area contributed by atoms with E-state index in [1.165, 1.54) is 54.6 Å². The molecule has 18 nitrogen and oxygen atoms in total. The van der Waals surface area contributed by atoms with E-state index < -0.39 is 140 Å². The van der Waals surface area contributed by atoms with Gasteiger partial charge in [0.15, 0.2) is 18.3 Å². The third-order valence-electron chi connectivity index (χ3n) is 12.2. The fourth-order valence-corrected chi connectivity index (χ4v) is 11.1. The number of hydrogen-bond donors (Lipinski definition) is 3. The van der Waals surface area contributed by atoms with Gasteiger partial charge in [0.1, 0.15) is 36.6 Å². The number of hydrogen-bond acceptors (Lipinski definition) is 15. The van der Waals surface area contributed by atoms with Crippen LogP contribution in [0.4, 0.5) is 0 Å². The molecule has 0 spiro atoms. The summed E-state index contributed by atoms with van der Waals surface area (Å²) < 4.78 is 126. The second-order valence-electron chi connectivity index (χ2n) is 17.7. The Morgan fingerprint density at radius 1 is 0.391 bits per heavy atom. The van der Waals surface area contributed by atoms with Gasteiger partial charge in [-0.2, -0.15) is 0 Å². The fourth-order valence-electron chi connectivity index (χ4n) is 7.92. The third-order valence-corrected chi connectivity index (χ3v) is 16.5. The van der Waals surface area contributed by atoms with Crippen molar-refractivity contribution in [3.8, 4) is 0 Å². The number of rotatable bonds is 12. The first-order valence-corrected chi connectivity index (χ1v) is 26.9. The van der Waals surface area contributed by atoms with Crippen LogP contribution in [0, 0.1) is 38.5 Å². The van der Waals surface area contributed by atoms with E-state index in [1.807, 2.05) is 0 Å². The molecular formula is C48H57N3O15S3. The first-order valence-electron chi connectivity index (χ1n) is 22.4. The van der Waals surface area contributed by atoms with Gasteiger partial charge in [0.25, 0.3) is 0 Å². The first-order chi connectivity index (χ1) is 32.6. The Hall–Kier alpha value is -5.10. The molecule has 0 radical (unpaired) electrons. The second-order valence-corrected chi connectivity index (χ2v) is 23.0. The number of cyclic esters (lactones) is 3. The Kier molecular flexibility index (Phi) is 16.1. The smallest absolute Gasteiger partial charge is 0.336 e. The van der Waals surface area contributed by atoms with E-state index >= 15 is 0 Å². The summed E-state index contributed by atoms with van der Waals surface area (Å²) in [5.74, 6) is -4.92. The number of aryl methyl sites for hydroxylation is 3. The van der Waals surface area contributed by atoms with E-state index in [9.17, 15) is 39.6 Å². The minimum Gasteiger partial charge on any atom is -0.456 e. The van der Waals surface area contributed by atoms with Gasteiger partial charge >= 0.3 is 17.9 Å². The highest BCUT2D eigenvalue weighted by Gasteiger charge is 2.45. The predicted octanol–water partition coefficient (Wildman–Crippen LogP) is 3.48. The number of esters is 3. The number of ether oxygens (including phenoxy) is 6. The number of benzene rings is 3. The Bertz CT molecular complexity index is 2480. The standard InChI is InChI=1S/C48H57N3O15S3/c1-28-7-16-34(17-8-28)67(55,56)49-25-40-37-22-13-31(4)44(61-37)47(53)65-42(27-51-69(59,60)36-20-11-30(3)12-21-36)39-24-15-33(6)45(63-39)48(54)66-41(38-23-14-32(5)43(62-38)46(52)64-40)26-50-68(57,58)35-18-9-29(2)10-19-35/h7-24,31-33,37-45,49-51H,25-27H2,1-6H3/t31-,32-,33-,37-,38-,39-,40+,41+,42+,43+,44+,45+/m0/s1. The molecule has 3 N–H and O–H groups in total. The summed E-state index contributed by atoms with van der Waals surface area (Å²) in [6, 6.07) is 18.2. The van der Waals surface area contributed by atoms with E-state index in [2.05, 4.69) is 14.2 Å². The molecule has 372 valence electrons. The summed E-state index contributed by atoms with van der Waals surface area (Å²) in [7, 11) is -12.6. The Labute approximate surface area is 402 Å². The molecule has 0 unspecified atom stereocenters. The highest BCUT2D eigenvalue weighted by molar-refractivity contribution is 7.90. The van der Waals surface area contributed by atoms with Crippen molar-refractivity contribution in [2.45, 2.75) is 111 Å². The summed E-state index contributed by atoms with van der Waals surface area (Å²) in [6.07, 6.45) is -2.85. The van der Waals surface area contributed by atoms with Crippen molar-refractivity contribution in [2.24, 2.45) is 17.8 Å². The van der Waals surface area contributed by atoms with Crippen molar-refractivity contribution >= 4 is 48.0 Å². The van der Waals surface area contributed by atoms with Gasteiger partial charge in [-0.1, -0.05) is 110 Å². The number of fused-ring (bicyclic) bond motifs is 6. The summed E-state index contributed by atoms with van der Waals surface area (Å²) in [6.45, 7) is 8.74. The molecule has 1 fully saturated rings. The molecule has 4 aliphatic rings. The van der Waals surface area contributed by atoms with Gasteiger partial charge in [-0.05, 0) is 57.2 Å². The summed E-state index contributed by atoms with van der Waals surface area (Å²) in [4.78, 5) is 42.8. The van der Waals surface area contributed by atoms with E-state index in [0.29, 0.717) is 0 Å². The van der Waals surface area contributed by atoms with Gasteiger partial charge < -0.3 is 28.4 Å². The zero-order valence-electron chi connectivity index (χ0n) is 38.8. The minimum absolute atomic E-state index is 0.0646. The van der Waals surface area contributed by atoms with E-state index in [4.69, 9.17) is 28.4 Å². The van der Waals surface area contributed by atoms with Crippen molar-refractivity contribution in [2.75, 3.05) is 19.6 Å². The quantitative estimate of drug-likeness (QED) is 0.134. The highest BCUT2D eigenvalue weighted by Crippen LogP contribution is 2.30. The maximum absolute atomic E-state index is 14.3. The molecule has 69 heavy (non-hydrogen) atoms. The van der Waals surface area contributed by atoms with Crippen molar-refractivity contribution in [3.63, 3.8) is 0 Å². The lowest BCUT2D eigenvalue weighted by Crippen LogP contribution is -2.53. The van der Waals surface area contributed by atoms with Crippen LogP contribution in [0.15, 0.2) is 124 Å². The zero-order chi connectivity index (χ0) is 49.8. The van der Waals surface area contributed by atoms with Crippen LogP contribution in [0.1, 0.15) is 37.5 Å². The number of carbonyl (C=O) groups excluding carboxylic acids is 3. The van der Waals surface area contributed by atoms with Crippen LogP contribution in [0.5, 0.6) is 0 Å². The lowest BCUT2D eigenvalue weighted by molar-refractivity contribution is -0.197.